The Hall–Kier alpha value is -1.88. The van der Waals surface area contributed by atoms with Gasteiger partial charge in [-0.3, -0.25) is 4.79 Å². The van der Waals surface area contributed by atoms with E-state index in [0.717, 1.165) is 11.6 Å². The van der Waals surface area contributed by atoms with E-state index in [0.29, 0.717) is 12.2 Å². The average Bonchev–Trinajstić information content (AvgIpc) is 2.95. The Balaban J connectivity index is 2.01. The van der Waals surface area contributed by atoms with E-state index in [1.165, 1.54) is 22.5 Å². The molecular weight excluding hydrogens is 284 g/mol. The van der Waals surface area contributed by atoms with Gasteiger partial charge in [0.1, 0.15) is 5.41 Å². The van der Waals surface area contributed by atoms with Crippen LogP contribution in [0.3, 0.4) is 0 Å². The molecule has 0 aliphatic carbocycles. The molecule has 0 aliphatic rings. The van der Waals surface area contributed by atoms with Crippen molar-refractivity contribution < 1.29 is 9.90 Å². The molecule has 0 saturated carbocycles. The molecule has 0 radical (unpaired) electrons. The number of carbonyl (C=O) groups is 1. The van der Waals surface area contributed by atoms with Gasteiger partial charge in [-0.15, -0.1) is 11.3 Å². The molecule has 0 aliphatic heterocycles. The van der Waals surface area contributed by atoms with Gasteiger partial charge in [-0.25, -0.2) is 4.98 Å². The van der Waals surface area contributed by atoms with Crippen LogP contribution in [0, 0.1) is 0 Å². The molecule has 0 bridgehead atoms. The number of hydrogen-bond donors (Lipinski definition) is 2. The molecule has 5 heteroatoms. The largest absolute Gasteiger partial charge is 0.481 e. The van der Waals surface area contributed by atoms with Gasteiger partial charge in [-0.1, -0.05) is 31.2 Å². The van der Waals surface area contributed by atoms with Crippen molar-refractivity contribution in [2.45, 2.75) is 39.2 Å². The molecule has 0 spiro atoms. The summed E-state index contributed by atoms with van der Waals surface area (Å²) in [5.41, 5.74) is 2.13. The van der Waals surface area contributed by atoms with Crippen LogP contribution in [0.1, 0.15) is 37.6 Å². The van der Waals surface area contributed by atoms with Crippen molar-refractivity contribution in [3.8, 4) is 0 Å². The second kappa shape index (κ2) is 6.26. The van der Waals surface area contributed by atoms with Crippen LogP contribution in [0.2, 0.25) is 0 Å². The summed E-state index contributed by atoms with van der Waals surface area (Å²) in [4.78, 5) is 15.6. The Bertz CT molecular complexity index is 617. The number of hydrogen-bond acceptors (Lipinski definition) is 4. The van der Waals surface area contributed by atoms with Gasteiger partial charge in [0.25, 0.3) is 0 Å². The van der Waals surface area contributed by atoms with Crippen LogP contribution in [0.25, 0.3) is 0 Å². The first-order chi connectivity index (χ1) is 9.93. The minimum absolute atomic E-state index is 0.587. The number of carboxylic acids is 1. The Morgan fingerprint density at radius 1 is 1.29 bits per heavy atom. The van der Waals surface area contributed by atoms with Crippen molar-refractivity contribution in [2.24, 2.45) is 0 Å². The number of aryl methyl sites for hydroxylation is 1. The Labute approximate surface area is 128 Å². The molecular formula is C16H20N2O2S. The minimum Gasteiger partial charge on any atom is -0.481 e. The second-order valence-corrected chi connectivity index (χ2v) is 6.35. The normalized spacial score (nSPS) is 11.4. The maximum Gasteiger partial charge on any atom is 0.315 e. The quantitative estimate of drug-likeness (QED) is 0.854. The van der Waals surface area contributed by atoms with Gasteiger partial charge < -0.3 is 10.4 Å². The number of thiazole rings is 1. The highest BCUT2D eigenvalue weighted by molar-refractivity contribution is 7.13. The van der Waals surface area contributed by atoms with E-state index in [1.54, 1.807) is 19.2 Å². The van der Waals surface area contributed by atoms with Crippen molar-refractivity contribution in [3.05, 3.63) is 46.5 Å². The molecule has 0 unspecified atom stereocenters. The summed E-state index contributed by atoms with van der Waals surface area (Å²) in [5.74, 6) is -0.866. The third-order valence-corrected chi connectivity index (χ3v) is 4.35. The van der Waals surface area contributed by atoms with E-state index in [2.05, 4.69) is 41.5 Å². The molecule has 1 heterocycles. The van der Waals surface area contributed by atoms with Crippen LogP contribution in [0.4, 0.5) is 5.13 Å². The zero-order chi connectivity index (χ0) is 15.5. The lowest BCUT2D eigenvalue weighted by atomic mass is 9.90. The molecule has 4 nitrogen and oxygen atoms in total. The summed E-state index contributed by atoms with van der Waals surface area (Å²) in [6.45, 7) is 6.15. The Kier molecular flexibility index (Phi) is 4.63. The third kappa shape index (κ3) is 3.61. The van der Waals surface area contributed by atoms with Crippen LogP contribution in [0.15, 0.2) is 29.6 Å². The average molecular weight is 304 g/mol. The monoisotopic (exact) mass is 304 g/mol. The van der Waals surface area contributed by atoms with Gasteiger partial charge in [0, 0.05) is 11.9 Å². The van der Waals surface area contributed by atoms with Crippen LogP contribution < -0.4 is 5.32 Å². The zero-order valence-corrected chi connectivity index (χ0v) is 13.3. The van der Waals surface area contributed by atoms with E-state index in [4.69, 9.17) is 0 Å². The first kappa shape index (κ1) is 15.5. The van der Waals surface area contributed by atoms with Crippen molar-refractivity contribution in [2.75, 3.05) is 5.32 Å². The van der Waals surface area contributed by atoms with Crippen molar-refractivity contribution in [1.29, 1.82) is 0 Å². The Morgan fingerprint density at radius 3 is 2.48 bits per heavy atom. The highest BCUT2D eigenvalue weighted by Gasteiger charge is 2.32. The summed E-state index contributed by atoms with van der Waals surface area (Å²) in [6.07, 6.45) is 1.04. The van der Waals surface area contributed by atoms with Crippen LogP contribution in [-0.2, 0) is 23.2 Å². The van der Waals surface area contributed by atoms with E-state index >= 15 is 0 Å². The number of aromatic nitrogens is 1. The molecule has 0 atom stereocenters. The predicted octanol–water partition coefficient (Wildman–Crippen LogP) is 3.68. The summed E-state index contributed by atoms with van der Waals surface area (Å²) < 4.78 is 0. The van der Waals surface area contributed by atoms with Gasteiger partial charge >= 0.3 is 5.97 Å². The lowest BCUT2D eigenvalue weighted by molar-refractivity contribution is -0.142. The molecule has 0 amide bonds. The zero-order valence-electron chi connectivity index (χ0n) is 12.5. The molecule has 1 aromatic carbocycles. The number of benzene rings is 1. The first-order valence-corrected chi connectivity index (χ1v) is 7.82. The molecule has 0 saturated heterocycles. The van der Waals surface area contributed by atoms with Crippen LogP contribution in [-0.4, -0.2) is 16.1 Å². The van der Waals surface area contributed by atoms with Gasteiger partial charge in [0.15, 0.2) is 5.13 Å². The summed E-state index contributed by atoms with van der Waals surface area (Å²) in [7, 11) is 0. The number of aliphatic carboxylic acids is 1. The summed E-state index contributed by atoms with van der Waals surface area (Å²) >= 11 is 1.44. The minimum atomic E-state index is -0.959. The Morgan fingerprint density at radius 2 is 1.90 bits per heavy atom. The van der Waals surface area contributed by atoms with Crippen molar-refractivity contribution in [1.82, 2.24) is 4.98 Å². The number of rotatable bonds is 6. The van der Waals surface area contributed by atoms with Crippen molar-refractivity contribution >= 4 is 22.4 Å². The fraction of sp³-hybridized carbons (Fsp3) is 0.375. The topological polar surface area (TPSA) is 62.2 Å². The maximum absolute atomic E-state index is 11.2. The van der Waals surface area contributed by atoms with E-state index in [1.807, 2.05) is 0 Å². The number of carboxylic acid groups (broad SMARTS) is 1. The highest BCUT2D eigenvalue weighted by atomic mass is 32.1. The van der Waals surface area contributed by atoms with Gasteiger partial charge in [-0.05, 0) is 31.4 Å². The van der Waals surface area contributed by atoms with Gasteiger partial charge in [-0.2, -0.15) is 0 Å². The molecule has 1 aromatic heterocycles. The third-order valence-electron chi connectivity index (χ3n) is 3.55. The molecule has 2 rings (SSSR count). The van der Waals surface area contributed by atoms with Crippen LogP contribution >= 0.6 is 11.3 Å². The number of nitrogens with one attached hydrogen (secondary N) is 1. The second-order valence-electron chi connectivity index (χ2n) is 5.49. The molecule has 2 N–H and O–H groups in total. The van der Waals surface area contributed by atoms with E-state index < -0.39 is 11.4 Å². The van der Waals surface area contributed by atoms with Crippen molar-refractivity contribution in [3.63, 3.8) is 0 Å². The summed E-state index contributed by atoms with van der Waals surface area (Å²) in [5, 5.41) is 15.0. The SMILES string of the molecule is CCc1ccc(CNc2nc(C(C)(C)C(=O)O)cs2)cc1. The molecule has 21 heavy (non-hydrogen) atoms. The standard InChI is InChI=1S/C16H20N2O2S/c1-4-11-5-7-12(8-6-11)9-17-15-18-13(10-21-15)16(2,3)14(19)20/h5-8,10H,4,9H2,1-3H3,(H,17,18)(H,19,20). The fourth-order valence-electron chi connectivity index (χ4n) is 1.82. The highest BCUT2D eigenvalue weighted by Crippen LogP contribution is 2.27. The van der Waals surface area contributed by atoms with E-state index in [9.17, 15) is 9.90 Å². The fourth-order valence-corrected chi connectivity index (χ4v) is 2.70. The predicted molar refractivity (Wildman–Crippen MR) is 85.9 cm³/mol. The van der Waals surface area contributed by atoms with E-state index in [-0.39, 0.29) is 0 Å². The molecule has 112 valence electrons. The number of anilines is 1. The van der Waals surface area contributed by atoms with Gasteiger partial charge in [0.05, 0.1) is 5.69 Å². The number of nitrogens with zero attached hydrogens (tertiary/aromatic N) is 1. The molecule has 0 fully saturated rings. The first-order valence-electron chi connectivity index (χ1n) is 6.94. The summed E-state index contributed by atoms with van der Waals surface area (Å²) in [6, 6.07) is 8.44. The maximum atomic E-state index is 11.2. The lowest BCUT2D eigenvalue weighted by Crippen LogP contribution is -2.28. The smallest absolute Gasteiger partial charge is 0.315 e. The van der Waals surface area contributed by atoms with Crippen LogP contribution in [0.5, 0.6) is 0 Å². The lowest BCUT2D eigenvalue weighted by Gasteiger charge is -2.15. The van der Waals surface area contributed by atoms with Gasteiger partial charge in [0.2, 0.25) is 0 Å². The molecule has 2 aromatic rings.